The summed E-state index contributed by atoms with van der Waals surface area (Å²) in [6.07, 6.45) is 1.47. The fraction of sp³-hybridized carbons (Fsp3) is 0.769. The van der Waals surface area contributed by atoms with E-state index >= 15 is 0 Å². The number of rotatable bonds is 3. The number of aromatic nitrogens is 2. The molecule has 0 unspecified atom stereocenters. The second-order valence-corrected chi connectivity index (χ2v) is 6.33. The molecule has 0 aromatic carbocycles. The summed E-state index contributed by atoms with van der Waals surface area (Å²) in [4.78, 5) is 0. The maximum Gasteiger partial charge on any atom is 0.498 e. The Kier molecular flexibility index (Phi) is 3.54. The first-order valence-corrected chi connectivity index (χ1v) is 6.70. The molecule has 1 saturated heterocycles. The summed E-state index contributed by atoms with van der Waals surface area (Å²) in [5.74, 6) is 0. The van der Waals surface area contributed by atoms with Crippen LogP contribution in [0.2, 0.25) is 0 Å². The molecule has 1 N–H and O–H groups in total. The van der Waals surface area contributed by atoms with E-state index in [0.717, 1.165) is 11.2 Å². The van der Waals surface area contributed by atoms with Gasteiger partial charge in [-0.2, -0.15) is 5.10 Å². The van der Waals surface area contributed by atoms with Crippen molar-refractivity contribution in [3.05, 3.63) is 11.9 Å². The number of hydrogen-bond acceptors (Lipinski definition) is 4. The quantitative estimate of drug-likeness (QED) is 0.825. The van der Waals surface area contributed by atoms with E-state index in [0.29, 0.717) is 6.54 Å². The summed E-state index contributed by atoms with van der Waals surface area (Å²) in [5.41, 5.74) is 1.10. The van der Waals surface area contributed by atoms with Crippen LogP contribution in [0.4, 0.5) is 0 Å². The Hall–Kier alpha value is -0.845. The highest BCUT2D eigenvalue weighted by Crippen LogP contribution is 2.36. The predicted molar refractivity (Wildman–Crippen MR) is 74.4 cm³/mol. The molecule has 19 heavy (non-hydrogen) atoms. The van der Waals surface area contributed by atoms with E-state index in [1.165, 1.54) is 0 Å². The Balaban J connectivity index is 2.22. The van der Waals surface area contributed by atoms with Crippen molar-refractivity contribution in [1.82, 2.24) is 9.78 Å². The SMILES string of the molecule is Cc1nn(C[C@@H](C)O)cc1B1OC(C)(C)C(C)(C)O1. The van der Waals surface area contributed by atoms with Crippen molar-refractivity contribution in [2.45, 2.75) is 65.4 Å². The van der Waals surface area contributed by atoms with Gasteiger partial charge in [0.05, 0.1) is 29.5 Å². The Labute approximate surface area is 115 Å². The molecule has 2 rings (SSSR count). The first-order valence-electron chi connectivity index (χ1n) is 6.70. The molecule has 0 aliphatic carbocycles. The van der Waals surface area contributed by atoms with Crippen molar-refractivity contribution in [1.29, 1.82) is 0 Å². The molecular weight excluding hydrogens is 243 g/mol. The molecule has 1 aliphatic heterocycles. The van der Waals surface area contributed by atoms with Crippen molar-refractivity contribution in [3.8, 4) is 0 Å². The lowest BCUT2D eigenvalue weighted by atomic mass is 9.79. The minimum Gasteiger partial charge on any atom is -0.399 e. The van der Waals surface area contributed by atoms with Crippen molar-refractivity contribution in [2.24, 2.45) is 0 Å². The summed E-state index contributed by atoms with van der Waals surface area (Å²) in [6.45, 7) is 12.3. The molecule has 6 heteroatoms. The molecule has 0 spiro atoms. The lowest BCUT2D eigenvalue weighted by Crippen LogP contribution is -2.41. The number of hydrogen-bond donors (Lipinski definition) is 1. The first-order chi connectivity index (χ1) is 8.62. The van der Waals surface area contributed by atoms with Gasteiger partial charge in [0.2, 0.25) is 0 Å². The Morgan fingerprint density at radius 2 is 1.84 bits per heavy atom. The molecule has 0 saturated carbocycles. The fourth-order valence-electron chi connectivity index (χ4n) is 2.10. The molecule has 1 atom stereocenters. The van der Waals surface area contributed by atoms with Gasteiger partial charge in [-0.25, -0.2) is 0 Å². The lowest BCUT2D eigenvalue weighted by Gasteiger charge is -2.32. The second-order valence-electron chi connectivity index (χ2n) is 6.33. The fourth-order valence-corrected chi connectivity index (χ4v) is 2.10. The smallest absolute Gasteiger partial charge is 0.399 e. The first kappa shape index (κ1) is 14.6. The van der Waals surface area contributed by atoms with Crippen LogP contribution in [-0.4, -0.2) is 39.3 Å². The van der Waals surface area contributed by atoms with Gasteiger partial charge in [-0.15, -0.1) is 0 Å². The van der Waals surface area contributed by atoms with Gasteiger partial charge in [-0.1, -0.05) is 0 Å². The van der Waals surface area contributed by atoms with Crippen molar-refractivity contribution in [2.75, 3.05) is 0 Å². The van der Waals surface area contributed by atoms with Gasteiger partial charge in [-0.3, -0.25) is 4.68 Å². The zero-order chi connectivity index (χ0) is 14.4. The highest BCUT2D eigenvalue weighted by molar-refractivity contribution is 6.62. The van der Waals surface area contributed by atoms with Crippen LogP contribution < -0.4 is 5.46 Å². The van der Waals surface area contributed by atoms with E-state index < -0.39 is 13.2 Å². The van der Waals surface area contributed by atoms with Gasteiger partial charge in [0.1, 0.15) is 0 Å². The van der Waals surface area contributed by atoms with E-state index in [1.54, 1.807) is 11.6 Å². The Bertz CT molecular complexity index is 452. The number of aryl methyl sites for hydroxylation is 1. The Morgan fingerprint density at radius 1 is 1.32 bits per heavy atom. The maximum absolute atomic E-state index is 9.41. The van der Waals surface area contributed by atoms with Crippen molar-refractivity contribution < 1.29 is 14.4 Å². The molecule has 0 amide bonds. The minimum atomic E-state index is -0.426. The van der Waals surface area contributed by atoms with E-state index in [2.05, 4.69) is 5.10 Å². The van der Waals surface area contributed by atoms with E-state index in [1.807, 2.05) is 40.8 Å². The molecule has 5 nitrogen and oxygen atoms in total. The monoisotopic (exact) mass is 266 g/mol. The topological polar surface area (TPSA) is 56.5 Å². The number of aliphatic hydroxyl groups excluding tert-OH is 1. The molecule has 1 aromatic heterocycles. The average Bonchev–Trinajstić information content (AvgIpc) is 2.64. The van der Waals surface area contributed by atoms with Gasteiger partial charge >= 0.3 is 7.12 Å². The van der Waals surface area contributed by atoms with Crippen LogP contribution in [0.3, 0.4) is 0 Å². The molecule has 1 aliphatic rings. The summed E-state index contributed by atoms with van der Waals surface area (Å²) < 4.78 is 13.8. The zero-order valence-electron chi connectivity index (χ0n) is 12.6. The highest BCUT2D eigenvalue weighted by atomic mass is 16.7. The average molecular weight is 266 g/mol. The standard InChI is InChI=1S/C13H23BN2O3/c1-9(17)7-16-8-11(10(2)15-16)14-18-12(3,4)13(5,6)19-14/h8-9,17H,7H2,1-6H3/t9-/m1/s1. The second kappa shape index (κ2) is 4.61. The molecular formula is C13H23BN2O3. The van der Waals surface area contributed by atoms with Crippen LogP contribution in [0, 0.1) is 6.92 Å². The summed E-state index contributed by atoms with van der Waals surface area (Å²) >= 11 is 0. The zero-order valence-corrected chi connectivity index (χ0v) is 12.6. The number of aliphatic hydroxyl groups is 1. The summed E-state index contributed by atoms with van der Waals surface area (Å²) in [7, 11) is -0.396. The molecule has 106 valence electrons. The molecule has 0 radical (unpaired) electrons. The third-order valence-electron chi connectivity index (χ3n) is 3.94. The van der Waals surface area contributed by atoms with Crippen LogP contribution in [0.1, 0.15) is 40.3 Å². The lowest BCUT2D eigenvalue weighted by molar-refractivity contribution is 0.00578. The predicted octanol–water partition coefficient (Wildman–Crippen LogP) is 0.872. The molecule has 2 heterocycles. The van der Waals surface area contributed by atoms with Gasteiger partial charge in [0, 0.05) is 11.7 Å². The third-order valence-corrected chi connectivity index (χ3v) is 3.94. The summed E-state index contributed by atoms with van der Waals surface area (Å²) in [5, 5.41) is 13.8. The van der Waals surface area contributed by atoms with Crippen LogP contribution in [0.15, 0.2) is 6.20 Å². The van der Waals surface area contributed by atoms with Gasteiger partial charge in [-0.05, 0) is 41.5 Å². The van der Waals surface area contributed by atoms with Crippen molar-refractivity contribution >= 4 is 12.6 Å². The number of nitrogens with zero attached hydrogens (tertiary/aromatic N) is 2. The van der Waals surface area contributed by atoms with Crippen LogP contribution in [-0.2, 0) is 15.9 Å². The third kappa shape index (κ3) is 2.71. The molecule has 1 aromatic rings. The molecule has 1 fully saturated rings. The largest absolute Gasteiger partial charge is 0.498 e. The van der Waals surface area contributed by atoms with Crippen LogP contribution in [0.25, 0.3) is 0 Å². The van der Waals surface area contributed by atoms with Crippen molar-refractivity contribution in [3.63, 3.8) is 0 Å². The van der Waals surface area contributed by atoms with E-state index in [9.17, 15) is 5.11 Å². The van der Waals surface area contributed by atoms with Gasteiger partial charge in [0.25, 0.3) is 0 Å². The van der Waals surface area contributed by atoms with Gasteiger partial charge < -0.3 is 14.4 Å². The Morgan fingerprint density at radius 3 is 2.32 bits per heavy atom. The van der Waals surface area contributed by atoms with E-state index in [4.69, 9.17) is 9.31 Å². The highest BCUT2D eigenvalue weighted by Gasteiger charge is 2.52. The molecule has 0 bridgehead atoms. The van der Waals surface area contributed by atoms with E-state index in [-0.39, 0.29) is 11.2 Å². The van der Waals surface area contributed by atoms with Crippen LogP contribution in [0.5, 0.6) is 0 Å². The minimum absolute atomic E-state index is 0.351. The summed E-state index contributed by atoms with van der Waals surface area (Å²) in [6, 6.07) is 0. The van der Waals surface area contributed by atoms with Crippen LogP contribution >= 0.6 is 0 Å². The normalized spacial score (nSPS) is 22.8. The van der Waals surface area contributed by atoms with Gasteiger partial charge in [0.15, 0.2) is 0 Å². The maximum atomic E-state index is 9.41.